The average Bonchev–Trinajstić information content (AvgIpc) is 2.17. The fourth-order valence-corrected chi connectivity index (χ4v) is 1.50. The van der Waals surface area contributed by atoms with E-state index in [1.807, 2.05) is 0 Å². The van der Waals surface area contributed by atoms with Gasteiger partial charge in [-0.1, -0.05) is 15.9 Å². The summed E-state index contributed by atoms with van der Waals surface area (Å²) in [4.78, 5) is 0. The van der Waals surface area contributed by atoms with Crippen LogP contribution in [0.1, 0.15) is 5.56 Å². The Kier molecular flexibility index (Phi) is 4.55. The van der Waals surface area contributed by atoms with Crippen molar-refractivity contribution in [2.75, 3.05) is 0 Å². The highest BCUT2D eigenvalue weighted by molar-refractivity contribution is 9.08. The summed E-state index contributed by atoms with van der Waals surface area (Å²) in [5.41, 5.74) is 0.0560. The first-order valence-electron chi connectivity index (χ1n) is 4.21. The molecule has 1 aromatic carbocycles. The van der Waals surface area contributed by atoms with Crippen LogP contribution in [0, 0.1) is 0 Å². The summed E-state index contributed by atoms with van der Waals surface area (Å²) in [5.74, 6) is -0.694. The van der Waals surface area contributed by atoms with Crippen molar-refractivity contribution in [3.8, 4) is 11.5 Å². The molecule has 0 N–H and O–H groups in total. The first-order valence-corrected chi connectivity index (χ1v) is 5.33. The lowest BCUT2D eigenvalue weighted by molar-refractivity contribution is -0.274. The summed E-state index contributed by atoms with van der Waals surface area (Å²) in [6.45, 7) is -3.03. The zero-order valence-electron chi connectivity index (χ0n) is 8.10. The third-order valence-electron chi connectivity index (χ3n) is 1.63. The van der Waals surface area contributed by atoms with Crippen molar-refractivity contribution in [2.45, 2.75) is 18.3 Å². The number of rotatable bonds is 4. The van der Waals surface area contributed by atoms with Crippen LogP contribution in [0.4, 0.5) is 22.0 Å². The zero-order chi connectivity index (χ0) is 13.1. The molecule has 0 heterocycles. The molecule has 2 nitrogen and oxygen atoms in total. The molecule has 0 aliphatic carbocycles. The maximum absolute atomic E-state index is 12.0. The van der Waals surface area contributed by atoms with E-state index in [4.69, 9.17) is 0 Å². The highest BCUT2D eigenvalue weighted by atomic mass is 79.9. The summed E-state index contributed by atoms with van der Waals surface area (Å²) < 4.78 is 67.5. The Morgan fingerprint density at radius 3 is 2.35 bits per heavy atom. The normalized spacial score (nSPS) is 11.7. The van der Waals surface area contributed by atoms with Gasteiger partial charge in [-0.05, 0) is 18.2 Å². The lowest BCUT2D eigenvalue weighted by Crippen LogP contribution is -2.18. The summed E-state index contributed by atoms with van der Waals surface area (Å²) in [6.07, 6.45) is -4.83. The molecule has 1 aromatic rings. The van der Waals surface area contributed by atoms with E-state index in [0.717, 1.165) is 18.2 Å². The molecule has 0 spiro atoms. The molecule has 0 saturated carbocycles. The van der Waals surface area contributed by atoms with Crippen LogP contribution >= 0.6 is 15.9 Å². The van der Waals surface area contributed by atoms with Crippen molar-refractivity contribution in [1.29, 1.82) is 0 Å². The number of hydrogen-bond acceptors (Lipinski definition) is 2. The van der Waals surface area contributed by atoms with E-state index in [-0.39, 0.29) is 16.6 Å². The van der Waals surface area contributed by atoms with Crippen LogP contribution in [0.25, 0.3) is 0 Å². The van der Waals surface area contributed by atoms with Gasteiger partial charge >= 0.3 is 13.0 Å². The highest BCUT2D eigenvalue weighted by Gasteiger charge is 2.32. The fraction of sp³-hybridized carbons (Fsp3) is 0.333. The number of halogens is 6. The predicted octanol–water partition coefficient (Wildman–Crippen LogP) is 4.08. The zero-order valence-corrected chi connectivity index (χ0v) is 9.69. The molecular formula is C9H6BrF5O2. The quantitative estimate of drug-likeness (QED) is 0.614. The van der Waals surface area contributed by atoms with Gasteiger partial charge < -0.3 is 9.47 Å². The Hall–Kier alpha value is -1.05. The molecule has 0 atom stereocenters. The summed E-state index contributed by atoms with van der Waals surface area (Å²) in [6, 6.07) is 2.93. The summed E-state index contributed by atoms with van der Waals surface area (Å²) in [5, 5.41) is 0.0127. The fourth-order valence-electron chi connectivity index (χ4n) is 1.06. The van der Waals surface area contributed by atoms with Crippen molar-refractivity contribution >= 4 is 15.9 Å². The first-order chi connectivity index (χ1) is 7.81. The van der Waals surface area contributed by atoms with Crippen LogP contribution in [0.5, 0.6) is 11.5 Å². The van der Waals surface area contributed by atoms with Crippen molar-refractivity contribution in [3.05, 3.63) is 23.8 Å². The predicted molar refractivity (Wildman–Crippen MR) is 52.4 cm³/mol. The molecule has 0 fully saturated rings. The molecule has 1 rings (SSSR count). The monoisotopic (exact) mass is 320 g/mol. The highest BCUT2D eigenvalue weighted by Crippen LogP contribution is 2.31. The van der Waals surface area contributed by atoms with Gasteiger partial charge in [-0.25, -0.2) is 0 Å². The maximum atomic E-state index is 12.0. The van der Waals surface area contributed by atoms with Gasteiger partial charge in [-0.2, -0.15) is 8.78 Å². The van der Waals surface area contributed by atoms with Gasteiger partial charge in [0.15, 0.2) is 0 Å². The van der Waals surface area contributed by atoms with Crippen molar-refractivity contribution < 1.29 is 31.4 Å². The van der Waals surface area contributed by atoms with Crippen molar-refractivity contribution in [1.82, 2.24) is 0 Å². The maximum Gasteiger partial charge on any atom is 0.573 e. The molecule has 0 amide bonds. The molecule has 17 heavy (non-hydrogen) atoms. The van der Waals surface area contributed by atoms with Crippen LogP contribution in [-0.4, -0.2) is 13.0 Å². The Balaban J connectivity index is 2.93. The van der Waals surface area contributed by atoms with E-state index in [1.165, 1.54) is 0 Å². The van der Waals surface area contributed by atoms with E-state index in [0.29, 0.717) is 0 Å². The molecule has 0 saturated heterocycles. The van der Waals surface area contributed by atoms with Gasteiger partial charge in [0, 0.05) is 10.9 Å². The van der Waals surface area contributed by atoms with E-state index < -0.39 is 18.7 Å². The molecule has 0 aliphatic rings. The summed E-state index contributed by atoms with van der Waals surface area (Å²) >= 11 is 2.93. The average molecular weight is 321 g/mol. The molecule has 0 radical (unpaired) electrons. The lowest BCUT2D eigenvalue weighted by atomic mass is 10.2. The van der Waals surface area contributed by atoms with Gasteiger partial charge in [-0.15, -0.1) is 13.2 Å². The Morgan fingerprint density at radius 1 is 1.24 bits per heavy atom. The van der Waals surface area contributed by atoms with E-state index in [2.05, 4.69) is 25.4 Å². The van der Waals surface area contributed by atoms with E-state index in [9.17, 15) is 22.0 Å². The Bertz CT molecular complexity index is 380. The largest absolute Gasteiger partial charge is 0.573 e. The van der Waals surface area contributed by atoms with Crippen molar-refractivity contribution in [2.24, 2.45) is 0 Å². The second-order valence-corrected chi connectivity index (χ2v) is 3.39. The third kappa shape index (κ3) is 4.76. The van der Waals surface area contributed by atoms with Crippen molar-refractivity contribution in [3.63, 3.8) is 0 Å². The summed E-state index contributed by atoms with van der Waals surface area (Å²) in [7, 11) is 0. The molecule has 96 valence electrons. The minimum Gasteiger partial charge on any atom is -0.435 e. The third-order valence-corrected chi connectivity index (χ3v) is 2.23. The number of hydrogen-bond donors (Lipinski definition) is 0. The van der Waals surface area contributed by atoms with Gasteiger partial charge in [0.1, 0.15) is 11.5 Å². The van der Waals surface area contributed by atoms with Gasteiger partial charge in [0.05, 0.1) is 0 Å². The minimum atomic E-state index is -4.83. The van der Waals surface area contributed by atoms with E-state index in [1.54, 1.807) is 0 Å². The van der Waals surface area contributed by atoms with Crippen LogP contribution in [0.3, 0.4) is 0 Å². The van der Waals surface area contributed by atoms with Crippen LogP contribution in [0.2, 0.25) is 0 Å². The first kappa shape index (κ1) is 14.0. The number of alkyl halides is 6. The van der Waals surface area contributed by atoms with Gasteiger partial charge in [-0.3, -0.25) is 0 Å². The van der Waals surface area contributed by atoms with Gasteiger partial charge in [0.25, 0.3) is 0 Å². The SMILES string of the molecule is FC(F)Oc1ccc(OC(F)(F)F)c(CBr)c1. The standard InChI is InChI=1S/C9H6BrF5O2/c10-4-5-3-6(16-8(11)12)1-2-7(5)17-9(13,14)15/h1-3,8H,4H2. The molecule has 8 heteroatoms. The Labute approximate surface area is 101 Å². The smallest absolute Gasteiger partial charge is 0.435 e. The number of benzene rings is 1. The Morgan fingerprint density at radius 2 is 1.88 bits per heavy atom. The second-order valence-electron chi connectivity index (χ2n) is 2.83. The van der Waals surface area contributed by atoms with Crippen LogP contribution in [-0.2, 0) is 5.33 Å². The lowest BCUT2D eigenvalue weighted by Gasteiger charge is -2.13. The van der Waals surface area contributed by atoms with Gasteiger partial charge in [0.2, 0.25) is 0 Å². The van der Waals surface area contributed by atoms with E-state index >= 15 is 0 Å². The number of ether oxygens (including phenoxy) is 2. The molecule has 0 bridgehead atoms. The minimum absolute atomic E-state index is 0.0127. The van der Waals surface area contributed by atoms with Crippen LogP contribution < -0.4 is 9.47 Å². The molecule has 0 unspecified atom stereocenters. The van der Waals surface area contributed by atoms with Crippen LogP contribution in [0.15, 0.2) is 18.2 Å². The molecule has 0 aliphatic heterocycles. The molecular weight excluding hydrogens is 315 g/mol. The topological polar surface area (TPSA) is 18.5 Å². The molecule has 0 aromatic heterocycles. The second kappa shape index (κ2) is 5.52.